The van der Waals surface area contributed by atoms with Crippen LogP contribution in [0.1, 0.15) is 24.2 Å². The summed E-state index contributed by atoms with van der Waals surface area (Å²) in [5.74, 6) is 1.30. The van der Waals surface area contributed by atoms with Crippen LogP contribution in [0.15, 0.2) is 42.2 Å². The van der Waals surface area contributed by atoms with E-state index < -0.39 is 12.1 Å². The Morgan fingerprint density at radius 1 is 1.00 bits per heavy atom. The van der Waals surface area contributed by atoms with E-state index in [9.17, 15) is 9.90 Å². The number of ether oxygens (including phenoxy) is 5. The molecule has 0 radical (unpaired) electrons. The molecule has 3 rings (SSSR count). The summed E-state index contributed by atoms with van der Waals surface area (Å²) >= 11 is 0. The molecule has 1 aliphatic heterocycles. The van der Waals surface area contributed by atoms with Crippen LogP contribution < -0.4 is 18.9 Å². The van der Waals surface area contributed by atoms with E-state index in [4.69, 9.17) is 23.7 Å². The summed E-state index contributed by atoms with van der Waals surface area (Å²) in [6, 6.07) is 10.1. The molecule has 0 unspecified atom stereocenters. The number of methoxy groups -OCH3 is 3. The molecule has 0 saturated carbocycles. The number of esters is 1. The van der Waals surface area contributed by atoms with Gasteiger partial charge in [-0.2, -0.15) is 0 Å². The molecule has 1 aliphatic rings. The second-order valence-electron chi connectivity index (χ2n) is 5.78. The van der Waals surface area contributed by atoms with Gasteiger partial charge in [0, 0.05) is 18.6 Å². The average molecular weight is 372 g/mol. The van der Waals surface area contributed by atoms with Gasteiger partial charge >= 0.3 is 5.97 Å². The maximum absolute atomic E-state index is 11.5. The Kier molecular flexibility index (Phi) is 5.12. The maximum Gasteiger partial charge on any atom is 0.308 e. The molecule has 0 bridgehead atoms. The van der Waals surface area contributed by atoms with Crippen LogP contribution in [0.4, 0.5) is 0 Å². The summed E-state index contributed by atoms with van der Waals surface area (Å²) in [6.07, 6.45) is -0.890. The number of hydrogen-bond acceptors (Lipinski definition) is 7. The fourth-order valence-electron chi connectivity index (χ4n) is 2.85. The topological polar surface area (TPSA) is 83.5 Å². The number of hydrogen-bond donors (Lipinski definition) is 1. The summed E-state index contributed by atoms with van der Waals surface area (Å²) in [7, 11) is 4.59. The van der Waals surface area contributed by atoms with Gasteiger partial charge in [-0.3, -0.25) is 4.79 Å². The van der Waals surface area contributed by atoms with Gasteiger partial charge in [-0.05, 0) is 24.3 Å². The predicted octanol–water partition coefficient (Wildman–Crippen LogP) is 3.64. The summed E-state index contributed by atoms with van der Waals surface area (Å²) in [5.41, 5.74) is 1.06. The molecule has 142 valence electrons. The van der Waals surface area contributed by atoms with Crippen LogP contribution in [-0.2, 0) is 9.53 Å². The van der Waals surface area contributed by atoms with Crippen LogP contribution >= 0.6 is 0 Å². The monoisotopic (exact) mass is 372 g/mol. The first kappa shape index (κ1) is 18.4. The molecule has 1 atom stereocenters. The number of carbonyl (C=O) groups is 1. The predicted molar refractivity (Wildman–Crippen MR) is 97.2 cm³/mol. The minimum Gasteiger partial charge on any atom is -0.505 e. The average Bonchev–Trinajstić information content (AvgIpc) is 2.68. The summed E-state index contributed by atoms with van der Waals surface area (Å²) in [5, 5.41) is 10.8. The number of fused-ring (bicyclic) bond motifs is 1. The molecule has 0 aromatic heterocycles. The molecule has 1 heterocycles. The normalized spacial score (nSPS) is 15.5. The first-order valence-electron chi connectivity index (χ1n) is 8.17. The summed E-state index contributed by atoms with van der Waals surface area (Å²) < 4.78 is 27.0. The SMILES string of the molecule is COc1ccc2c(c1)O[C@H](c1ccc(OC)c(OC)c1)C(O)=C2OC(C)=O. The van der Waals surface area contributed by atoms with E-state index in [-0.39, 0.29) is 11.5 Å². The van der Waals surface area contributed by atoms with Crippen molar-refractivity contribution in [3.05, 3.63) is 53.3 Å². The van der Waals surface area contributed by atoms with Crippen molar-refractivity contribution < 1.29 is 33.6 Å². The third kappa shape index (κ3) is 3.48. The Bertz CT molecular complexity index is 901. The molecule has 0 amide bonds. The molecule has 2 aromatic carbocycles. The van der Waals surface area contributed by atoms with Crippen molar-refractivity contribution in [2.45, 2.75) is 13.0 Å². The fourth-order valence-corrected chi connectivity index (χ4v) is 2.85. The number of carbonyl (C=O) groups excluding carboxylic acids is 1. The third-order valence-corrected chi connectivity index (χ3v) is 4.12. The minimum absolute atomic E-state index is 0.0474. The standard InChI is InChI=1S/C20H20O7/c1-11(21)26-20-14-7-6-13(23-2)10-16(14)27-19(18(20)22)12-5-8-15(24-3)17(9-12)25-4/h5-10,19,22H,1-4H3/t19-/m1/s1. The molecule has 0 aliphatic carbocycles. The lowest BCUT2D eigenvalue weighted by Gasteiger charge is -2.28. The van der Waals surface area contributed by atoms with Gasteiger partial charge in [0.2, 0.25) is 0 Å². The molecule has 7 heteroatoms. The van der Waals surface area contributed by atoms with Crippen LogP contribution in [0.5, 0.6) is 23.0 Å². The van der Waals surface area contributed by atoms with Gasteiger partial charge in [-0.25, -0.2) is 0 Å². The number of aliphatic hydroxyl groups is 1. The Hall–Kier alpha value is -3.35. The third-order valence-electron chi connectivity index (χ3n) is 4.12. The van der Waals surface area contributed by atoms with E-state index in [0.717, 1.165) is 0 Å². The van der Waals surface area contributed by atoms with E-state index in [0.29, 0.717) is 34.1 Å². The van der Waals surface area contributed by atoms with Gasteiger partial charge in [0.15, 0.2) is 29.1 Å². The summed E-state index contributed by atoms with van der Waals surface area (Å²) in [6.45, 7) is 1.27. The molecule has 2 aromatic rings. The Balaban J connectivity index is 2.12. The van der Waals surface area contributed by atoms with Crippen molar-refractivity contribution in [2.24, 2.45) is 0 Å². The highest BCUT2D eigenvalue weighted by Gasteiger charge is 2.33. The highest BCUT2D eigenvalue weighted by Crippen LogP contribution is 2.44. The van der Waals surface area contributed by atoms with Gasteiger partial charge in [-0.1, -0.05) is 6.07 Å². The van der Waals surface area contributed by atoms with Crippen molar-refractivity contribution in [3.8, 4) is 23.0 Å². The quantitative estimate of drug-likeness (QED) is 0.802. The zero-order valence-corrected chi connectivity index (χ0v) is 15.4. The van der Waals surface area contributed by atoms with E-state index in [2.05, 4.69) is 0 Å². The molecule has 0 spiro atoms. The molecular weight excluding hydrogens is 352 g/mol. The molecule has 1 N–H and O–H groups in total. The number of benzene rings is 2. The second-order valence-corrected chi connectivity index (χ2v) is 5.78. The van der Waals surface area contributed by atoms with Crippen molar-refractivity contribution in [1.29, 1.82) is 0 Å². The zero-order valence-electron chi connectivity index (χ0n) is 15.4. The molecular formula is C20H20O7. The highest BCUT2D eigenvalue weighted by atomic mass is 16.6. The molecule has 0 saturated heterocycles. The van der Waals surface area contributed by atoms with Crippen molar-refractivity contribution >= 4 is 11.7 Å². The molecule has 0 fully saturated rings. The maximum atomic E-state index is 11.5. The van der Waals surface area contributed by atoms with Crippen molar-refractivity contribution in [3.63, 3.8) is 0 Å². The lowest BCUT2D eigenvalue weighted by Crippen LogP contribution is -2.19. The van der Waals surface area contributed by atoms with E-state index in [1.54, 1.807) is 36.4 Å². The number of rotatable bonds is 5. The lowest BCUT2D eigenvalue weighted by molar-refractivity contribution is -0.134. The number of aliphatic hydroxyl groups excluding tert-OH is 1. The molecule has 27 heavy (non-hydrogen) atoms. The highest BCUT2D eigenvalue weighted by molar-refractivity contribution is 5.80. The van der Waals surface area contributed by atoms with E-state index >= 15 is 0 Å². The smallest absolute Gasteiger partial charge is 0.308 e. The largest absolute Gasteiger partial charge is 0.505 e. The Morgan fingerprint density at radius 2 is 1.74 bits per heavy atom. The van der Waals surface area contributed by atoms with Gasteiger partial charge in [0.1, 0.15) is 11.5 Å². The van der Waals surface area contributed by atoms with E-state index in [1.807, 2.05) is 0 Å². The second kappa shape index (κ2) is 7.49. The zero-order chi connectivity index (χ0) is 19.6. The Morgan fingerprint density at radius 3 is 2.37 bits per heavy atom. The van der Waals surface area contributed by atoms with Crippen molar-refractivity contribution in [1.82, 2.24) is 0 Å². The summed E-state index contributed by atoms with van der Waals surface area (Å²) in [4.78, 5) is 11.5. The van der Waals surface area contributed by atoms with Crippen LogP contribution in [-0.4, -0.2) is 32.4 Å². The van der Waals surface area contributed by atoms with Crippen LogP contribution in [0.25, 0.3) is 5.76 Å². The first-order chi connectivity index (χ1) is 13.0. The van der Waals surface area contributed by atoms with Gasteiger partial charge in [0.25, 0.3) is 0 Å². The fraction of sp³-hybridized carbons (Fsp3) is 0.250. The van der Waals surface area contributed by atoms with Gasteiger partial charge in [0.05, 0.1) is 26.9 Å². The van der Waals surface area contributed by atoms with Crippen LogP contribution in [0, 0.1) is 0 Å². The van der Waals surface area contributed by atoms with Crippen LogP contribution in [0.3, 0.4) is 0 Å². The first-order valence-corrected chi connectivity index (χ1v) is 8.17. The Labute approximate surface area is 156 Å². The van der Waals surface area contributed by atoms with Gasteiger partial charge in [-0.15, -0.1) is 0 Å². The lowest BCUT2D eigenvalue weighted by atomic mass is 10.00. The minimum atomic E-state index is -0.890. The van der Waals surface area contributed by atoms with E-state index in [1.165, 1.54) is 28.3 Å². The van der Waals surface area contributed by atoms with Crippen molar-refractivity contribution in [2.75, 3.05) is 21.3 Å². The van der Waals surface area contributed by atoms with Gasteiger partial charge < -0.3 is 28.8 Å². The van der Waals surface area contributed by atoms with Crippen LogP contribution in [0.2, 0.25) is 0 Å². The molecule has 7 nitrogen and oxygen atoms in total.